The second-order valence-corrected chi connectivity index (χ2v) is 6.00. The number of carboxylic acid groups (broad SMARTS) is 1. The molecule has 1 heterocycles. The first-order chi connectivity index (χ1) is 11.6. The van der Waals surface area contributed by atoms with Crippen molar-refractivity contribution in [3.05, 3.63) is 65.7 Å². The molecule has 2 aromatic carbocycles. The molecule has 3 rings (SSSR count). The van der Waals surface area contributed by atoms with E-state index in [9.17, 15) is 9.90 Å². The Hall–Kier alpha value is -3.06. The van der Waals surface area contributed by atoms with Crippen LogP contribution in [-0.2, 0) is 4.79 Å². The van der Waals surface area contributed by atoms with Crippen molar-refractivity contribution in [2.75, 3.05) is 5.43 Å². The Morgan fingerprint density at radius 2 is 1.79 bits per heavy atom. The van der Waals surface area contributed by atoms with Gasteiger partial charge in [0.1, 0.15) is 5.01 Å². The molecular formula is C17H14N4O2S. The number of nitrogens with one attached hydrogen (secondary N) is 1. The predicted octanol–water partition coefficient (Wildman–Crippen LogP) is 3.41. The fourth-order valence-electron chi connectivity index (χ4n) is 2.02. The molecule has 0 saturated heterocycles. The highest BCUT2D eigenvalue weighted by Gasteiger charge is 2.13. The molecule has 0 aliphatic rings. The van der Waals surface area contributed by atoms with Crippen LogP contribution in [0.25, 0.3) is 10.6 Å². The fraction of sp³-hybridized carbons (Fsp3) is 0.0588. The van der Waals surface area contributed by atoms with Crippen LogP contribution in [0.15, 0.2) is 59.7 Å². The number of anilines is 1. The van der Waals surface area contributed by atoms with Crippen LogP contribution >= 0.6 is 11.3 Å². The Balaban J connectivity index is 1.81. The molecule has 0 fully saturated rings. The van der Waals surface area contributed by atoms with E-state index >= 15 is 0 Å². The highest BCUT2D eigenvalue weighted by Crippen LogP contribution is 2.26. The van der Waals surface area contributed by atoms with E-state index in [1.54, 1.807) is 24.3 Å². The zero-order chi connectivity index (χ0) is 16.9. The number of carbonyl (C=O) groups is 1. The lowest BCUT2D eigenvalue weighted by molar-refractivity contribution is -0.129. The van der Waals surface area contributed by atoms with Crippen LogP contribution in [0.5, 0.6) is 0 Å². The molecule has 0 saturated carbocycles. The Bertz CT molecular complexity index is 873. The second-order valence-electron chi connectivity index (χ2n) is 5.02. The van der Waals surface area contributed by atoms with Gasteiger partial charge in [0.2, 0.25) is 5.13 Å². The van der Waals surface area contributed by atoms with Gasteiger partial charge in [-0.3, -0.25) is 5.43 Å². The first-order valence-electron chi connectivity index (χ1n) is 7.16. The average molecular weight is 338 g/mol. The zero-order valence-corrected chi connectivity index (χ0v) is 13.6. The molecule has 1 aromatic heterocycles. The molecule has 2 N–H and O–H groups in total. The third kappa shape index (κ3) is 3.64. The maximum Gasteiger partial charge on any atom is 0.356 e. The quantitative estimate of drug-likeness (QED) is 0.550. The Morgan fingerprint density at radius 1 is 1.08 bits per heavy atom. The minimum atomic E-state index is -1.11. The summed E-state index contributed by atoms with van der Waals surface area (Å²) in [5.41, 5.74) is 5.23. The summed E-state index contributed by atoms with van der Waals surface area (Å²) in [5, 5.41) is 22.5. The number of hydrogen-bond acceptors (Lipinski definition) is 6. The molecule has 0 aliphatic carbocycles. The van der Waals surface area contributed by atoms with Gasteiger partial charge in [0, 0.05) is 11.1 Å². The van der Waals surface area contributed by atoms with Crippen molar-refractivity contribution in [1.82, 2.24) is 10.2 Å². The number of benzene rings is 2. The Morgan fingerprint density at radius 3 is 2.46 bits per heavy atom. The van der Waals surface area contributed by atoms with Crippen molar-refractivity contribution >= 4 is 28.1 Å². The van der Waals surface area contributed by atoms with Gasteiger partial charge < -0.3 is 5.11 Å². The summed E-state index contributed by atoms with van der Waals surface area (Å²) in [7, 11) is 0. The van der Waals surface area contributed by atoms with E-state index in [1.807, 2.05) is 37.3 Å². The lowest BCUT2D eigenvalue weighted by Crippen LogP contribution is -2.16. The smallest absolute Gasteiger partial charge is 0.356 e. The number of aromatic nitrogens is 2. The van der Waals surface area contributed by atoms with Gasteiger partial charge in [0.15, 0.2) is 5.71 Å². The number of nitrogens with zero attached hydrogens (tertiary/aromatic N) is 3. The summed E-state index contributed by atoms with van der Waals surface area (Å²) in [6.07, 6.45) is 0. The van der Waals surface area contributed by atoms with Crippen molar-refractivity contribution in [1.29, 1.82) is 0 Å². The van der Waals surface area contributed by atoms with E-state index in [0.717, 1.165) is 10.6 Å². The van der Waals surface area contributed by atoms with Gasteiger partial charge in [0.25, 0.3) is 0 Å². The molecule has 0 radical (unpaired) electrons. The molecular weight excluding hydrogens is 324 g/mol. The first kappa shape index (κ1) is 15.8. The van der Waals surface area contributed by atoms with E-state index in [2.05, 4.69) is 20.7 Å². The summed E-state index contributed by atoms with van der Waals surface area (Å²) >= 11 is 1.31. The lowest BCUT2D eigenvalue weighted by atomic mass is 10.1. The lowest BCUT2D eigenvalue weighted by Gasteiger charge is -2.01. The highest BCUT2D eigenvalue weighted by atomic mass is 32.1. The van der Waals surface area contributed by atoms with Crippen molar-refractivity contribution < 1.29 is 9.90 Å². The largest absolute Gasteiger partial charge is 0.476 e. The number of aliphatic carboxylic acids is 1. The van der Waals surface area contributed by atoms with Gasteiger partial charge in [0.05, 0.1) is 0 Å². The van der Waals surface area contributed by atoms with Crippen LogP contribution in [0, 0.1) is 6.92 Å². The number of hydrogen-bond donors (Lipinski definition) is 2. The fourth-order valence-corrected chi connectivity index (χ4v) is 2.71. The standard InChI is InChI=1S/C17H14N4O2S/c1-11-7-9-13(10-8-11)15-19-21-17(24-15)20-18-14(16(22)23)12-5-3-2-4-6-12/h2-10H,1H3,(H,20,21)(H,22,23)/b18-14+. The Labute approximate surface area is 142 Å². The van der Waals surface area contributed by atoms with Crippen LogP contribution in [-0.4, -0.2) is 27.0 Å². The molecule has 6 nitrogen and oxygen atoms in total. The van der Waals surface area contributed by atoms with Gasteiger partial charge in [-0.2, -0.15) is 5.10 Å². The molecule has 3 aromatic rings. The van der Waals surface area contributed by atoms with Crippen molar-refractivity contribution in [2.24, 2.45) is 5.10 Å². The number of rotatable bonds is 5. The van der Waals surface area contributed by atoms with Crippen LogP contribution < -0.4 is 5.43 Å². The van der Waals surface area contributed by atoms with E-state index in [4.69, 9.17) is 0 Å². The third-order valence-corrected chi connectivity index (χ3v) is 4.11. The molecule has 0 amide bonds. The Kier molecular flexibility index (Phi) is 4.62. The summed E-state index contributed by atoms with van der Waals surface area (Å²) in [6, 6.07) is 16.6. The van der Waals surface area contributed by atoms with Gasteiger partial charge in [-0.1, -0.05) is 71.5 Å². The van der Waals surface area contributed by atoms with E-state index in [-0.39, 0.29) is 5.71 Å². The minimum absolute atomic E-state index is 0.0808. The molecule has 0 aliphatic heterocycles. The third-order valence-electron chi connectivity index (χ3n) is 3.24. The monoisotopic (exact) mass is 338 g/mol. The maximum atomic E-state index is 11.4. The normalized spacial score (nSPS) is 11.3. The number of aryl methyl sites for hydroxylation is 1. The summed E-state index contributed by atoms with van der Waals surface area (Å²) < 4.78 is 0. The average Bonchev–Trinajstić information content (AvgIpc) is 3.05. The summed E-state index contributed by atoms with van der Waals surface area (Å²) in [5.74, 6) is -1.11. The number of carboxylic acids is 1. The van der Waals surface area contributed by atoms with Gasteiger partial charge >= 0.3 is 5.97 Å². The topological polar surface area (TPSA) is 87.5 Å². The van der Waals surface area contributed by atoms with Crippen molar-refractivity contribution in [2.45, 2.75) is 6.92 Å². The molecule has 0 atom stereocenters. The van der Waals surface area contributed by atoms with Crippen LogP contribution in [0.1, 0.15) is 11.1 Å². The van der Waals surface area contributed by atoms with Crippen LogP contribution in [0.3, 0.4) is 0 Å². The zero-order valence-electron chi connectivity index (χ0n) is 12.8. The number of hydrazone groups is 1. The second kappa shape index (κ2) is 7.01. The highest BCUT2D eigenvalue weighted by molar-refractivity contribution is 7.18. The minimum Gasteiger partial charge on any atom is -0.476 e. The van der Waals surface area contributed by atoms with Crippen molar-refractivity contribution in [3.8, 4) is 10.6 Å². The summed E-state index contributed by atoms with van der Waals surface area (Å²) in [6.45, 7) is 2.02. The molecule has 0 unspecified atom stereocenters. The van der Waals surface area contributed by atoms with Gasteiger partial charge in [-0.15, -0.1) is 10.2 Å². The molecule has 0 spiro atoms. The van der Waals surface area contributed by atoms with E-state index in [1.165, 1.54) is 16.9 Å². The van der Waals surface area contributed by atoms with Crippen molar-refractivity contribution in [3.63, 3.8) is 0 Å². The first-order valence-corrected chi connectivity index (χ1v) is 7.98. The maximum absolute atomic E-state index is 11.4. The molecule has 120 valence electrons. The van der Waals surface area contributed by atoms with E-state index < -0.39 is 5.97 Å². The SMILES string of the molecule is Cc1ccc(-c2nnc(N/N=C(/C(=O)O)c3ccccc3)s2)cc1. The molecule has 24 heavy (non-hydrogen) atoms. The van der Waals surface area contributed by atoms with Crippen LogP contribution in [0.4, 0.5) is 5.13 Å². The summed E-state index contributed by atoms with van der Waals surface area (Å²) in [4.78, 5) is 11.4. The predicted molar refractivity (Wildman–Crippen MR) is 94.3 cm³/mol. The van der Waals surface area contributed by atoms with Gasteiger partial charge in [-0.05, 0) is 6.92 Å². The molecule has 7 heteroatoms. The van der Waals surface area contributed by atoms with E-state index in [0.29, 0.717) is 10.7 Å². The molecule has 0 bridgehead atoms. The van der Waals surface area contributed by atoms with Gasteiger partial charge in [-0.25, -0.2) is 4.79 Å². The van der Waals surface area contributed by atoms with Crippen LogP contribution in [0.2, 0.25) is 0 Å².